The van der Waals surface area contributed by atoms with Gasteiger partial charge in [-0.3, -0.25) is 15.3 Å². The van der Waals surface area contributed by atoms with E-state index in [4.69, 9.17) is 5.73 Å². The van der Waals surface area contributed by atoms with Gasteiger partial charge in [-0.25, -0.2) is 0 Å². The molecule has 1 aromatic rings. The molecule has 2 N–H and O–H groups in total. The number of halogens is 3. The average molecular weight is 269 g/mol. The van der Waals surface area contributed by atoms with Gasteiger partial charge < -0.3 is 5.21 Å². The Hall–Kier alpha value is -0.810. The fourth-order valence-electron chi connectivity index (χ4n) is 1.66. The van der Waals surface area contributed by atoms with Crippen molar-refractivity contribution in [3.05, 3.63) is 10.2 Å². The minimum Gasteiger partial charge on any atom is -0.623 e. The zero-order valence-corrected chi connectivity index (χ0v) is 9.62. The number of rotatable bonds is 1. The standard InChI is InChI=1S/C7H10F3N5OS/c1-14-2-4(11)15(16,3-14)6-13-12-5(17-6)7(8,9)10/h4H,2-3,11H2,1H3. The second-order valence-electron chi connectivity index (χ2n) is 3.93. The molecule has 17 heavy (non-hydrogen) atoms. The van der Waals surface area contributed by atoms with Crippen LogP contribution in [-0.4, -0.2) is 41.5 Å². The highest BCUT2D eigenvalue weighted by Gasteiger charge is 2.43. The third-order valence-electron chi connectivity index (χ3n) is 2.47. The summed E-state index contributed by atoms with van der Waals surface area (Å²) in [5.74, 6) is 0. The number of likely N-dealkylation sites (N-methyl/N-ethyl adjacent to an activating group) is 1. The minimum absolute atomic E-state index is 0.0202. The highest BCUT2D eigenvalue weighted by Crippen LogP contribution is 2.38. The van der Waals surface area contributed by atoms with Crippen LogP contribution in [-0.2, 0) is 6.18 Å². The Morgan fingerprint density at radius 2 is 2.18 bits per heavy atom. The maximum Gasteiger partial charge on any atom is 0.445 e. The highest BCUT2D eigenvalue weighted by molar-refractivity contribution is 7.15. The molecule has 1 saturated heterocycles. The average Bonchev–Trinajstić information content (AvgIpc) is 2.72. The van der Waals surface area contributed by atoms with Gasteiger partial charge in [-0.1, -0.05) is 5.10 Å². The number of hydrogen-bond acceptors (Lipinski definition) is 6. The van der Waals surface area contributed by atoms with Crippen LogP contribution in [0, 0.1) is 5.21 Å². The summed E-state index contributed by atoms with van der Waals surface area (Å²) in [5.41, 5.74) is 5.63. The van der Waals surface area contributed by atoms with Gasteiger partial charge in [0.05, 0.1) is 6.54 Å². The van der Waals surface area contributed by atoms with Crippen molar-refractivity contribution >= 4 is 16.5 Å². The van der Waals surface area contributed by atoms with E-state index < -0.39 is 22.0 Å². The third kappa shape index (κ3) is 2.13. The molecule has 2 heterocycles. The van der Waals surface area contributed by atoms with Crippen molar-refractivity contribution < 1.29 is 13.2 Å². The summed E-state index contributed by atoms with van der Waals surface area (Å²) in [6, 6.07) is 0. The SMILES string of the molecule is CN1CC(N)[N+]([O-])(c2nnc(C(F)(F)F)s2)C1. The van der Waals surface area contributed by atoms with Crippen molar-refractivity contribution in [3.63, 3.8) is 0 Å². The normalized spacial score (nSPS) is 31.1. The van der Waals surface area contributed by atoms with Crippen molar-refractivity contribution in [2.45, 2.75) is 12.3 Å². The molecule has 0 amide bonds. The first-order chi connectivity index (χ1) is 7.73. The van der Waals surface area contributed by atoms with Crippen LogP contribution < -0.4 is 10.4 Å². The zero-order chi connectivity index (χ0) is 12.8. The molecule has 96 valence electrons. The summed E-state index contributed by atoms with van der Waals surface area (Å²) in [7, 11) is 1.67. The van der Waals surface area contributed by atoms with Gasteiger partial charge in [0.1, 0.15) is 6.67 Å². The fraction of sp³-hybridized carbons (Fsp3) is 0.714. The largest absolute Gasteiger partial charge is 0.623 e. The van der Waals surface area contributed by atoms with Crippen molar-refractivity contribution in [2.75, 3.05) is 20.3 Å². The molecule has 0 bridgehead atoms. The van der Waals surface area contributed by atoms with Gasteiger partial charge in [0, 0.05) is 0 Å². The van der Waals surface area contributed by atoms with Crippen molar-refractivity contribution in [1.82, 2.24) is 19.7 Å². The van der Waals surface area contributed by atoms with Crippen LogP contribution in [0.5, 0.6) is 0 Å². The van der Waals surface area contributed by atoms with E-state index in [1.165, 1.54) is 0 Å². The lowest BCUT2D eigenvalue weighted by atomic mass is 10.5. The lowest BCUT2D eigenvalue weighted by Crippen LogP contribution is -2.53. The molecule has 2 rings (SSSR count). The number of aromatic nitrogens is 2. The van der Waals surface area contributed by atoms with Gasteiger partial charge in [-0.2, -0.15) is 13.2 Å². The Morgan fingerprint density at radius 1 is 1.53 bits per heavy atom. The molecule has 1 fully saturated rings. The Bertz CT molecular complexity index is 424. The maximum absolute atomic E-state index is 12.3. The number of nitrogens with two attached hydrogens (primary N) is 1. The van der Waals surface area contributed by atoms with E-state index in [-0.39, 0.29) is 23.1 Å². The van der Waals surface area contributed by atoms with Gasteiger partial charge in [-0.05, 0) is 18.4 Å². The van der Waals surface area contributed by atoms with Gasteiger partial charge in [0.25, 0.3) is 0 Å². The van der Waals surface area contributed by atoms with Crippen molar-refractivity contribution in [2.24, 2.45) is 5.73 Å². The molecule has 1 aromatic heterocycles. The number of nitrogens with zero attached hydrogens (tertiary/aromatic N) is 4. The van der Waals surface area contributed by atoms with E-state index in [2.05, 4.69) is 10.2 Å². The summed E-state index contributed by atoms with van der Waals surface area (Å²) in [4.78, 5) is 1.65. The van der Waals surface area contributed by atoms with E-state index in [9.17, 15) is 18.4 Å². The van der Waals surface area contributed by atoms with E-state index in [1.54, 1.807) is 11.9 Å². The maximum atomic E-state index is 12.3. The van der Waals surface area contributed by atoms with E-state index in [0.717, 1.165) is 0 Å². The molecule has 10 heteroatoms. The van der Waals surface area contributed by atoms with Crippen molar-refractivity contribution in [1.29, 1.82) is 0 Å². The number of hydroxylamine groups is 2. The second kappa shape index (κ2) is 3.85. The molecular weight excluding hydrogens is 259 g/mol. The van der Waals surface area contributed by atoms with Crippen molar-refractivity contribution in [3.8, 4) is 0 Å². The van der Waals surface area contributed by atoms with Crippen LogP contribution in [0.1, 0.15) is 5.01 Å². The number of hydrogen-bond donors (Lipinski definition) is 1. The highest BCUT2D eigenvalue weighted by atomic mass is 32.1. The second-order valence-corrected chi connectivity index (χ2v) is 4.89. The van der Waals surface area contributed by atoms with E-state index >= 15 is 0 Å². The summed E-state index contributed by atoms with van der Waals surface area (Å²) >= 11 is 0.248. The molecule has 0 radical (unpaired) electrons. The number of alkyl halides is 3. The lowest BCUT2D eigenvalue weighted by molar-refractivity contribution is -0.138. The Kier molecular flexibility index (Phi) is 2.86. The van der Waals surface area contributed by atoms with Gasteiger partial charge in [0.2, 0.25) is 5.01 Å². The predicted octanol–water partition coefficient (Wildman–Crippen LogP) is 0.550. The van der Waals surface area contributed by atoms with Crippen LogP contribution in [0.4, 0.5) is 18.3 Å². The first-order valence-electron chi connectivity index (χ1n) is 4.67. The topological polar surface area (TPSA) is 78.1 Å². The molecule has 2 unspecified atom stereocenters. The molecule has 1 aliphatic heterocycles. The molecule has 1 aliphatic rings. The lowest BCUT2D eigenvalue weighted by Gasteiger charge is -2.37. The van der Waals surface area contributed by atoms with Gasteiger partial charge in [0.15, 0.2) is 6.17 Å². The number of quaternary nitrogens is 1. The van der Waals surface area contributed by atoms with Gasteiger partial charge >= 0.3 is 11.3 Å². The van der Waals surface area contributed by atoms with Crippen LogP contribution in [0.25, 0.3) is 0 Å². The smallest absolute Gasteiger partial charge is 0.445 e. The molecule has 0 aliphatic carbocycles. The zero-order valence-electron chi connectivity index (χ0n) is 8.81. The van der Waals surface area contributed by atoms with Crippen LogP contribution in [0.15, 0.2) is 0 Å². The quantitative estimate of drug-likeness (QED) is 0.595. The fourth-order valence-corrected chi connectivity index (χ4v) is 2.46. The van der Waals surface area contributed by atoms with Gasteiger partial charge in [-0.15, -0.1) is 5.10 Å². The molecule has 0 spiro atoms. The monoisotopic (exact) mass is 269 g/mol. The Labute approximate surface area is 98.6 Å². The van der Waals surface area contributed by atoms with Crippen LogP contribution >= 0.6 is 11.3 Å². The molecule has 2 atom stereocenters. The molecule has 0 aromatic carbocycles. The first kappa shape index (κ1) is 12.6. The van der Waals surface area contributed by atoms with Crippen LogP contribution in [0.3, 0.4) is 0 Å². The summed E-state index contributed by atoms with van der Waals surface area (Å²) < 4.78 is 36.0. The molecule has 0 saturated carbocycles. The Morgan fingerprint density at radius 3 is 2.59 bits per heavy atom. The molecular formula is C7H10F3N5OS. The van der Waals surface area contributed by atoms with E-state index in [1.807, 2.05) is 0 Å². The summed E-state index contributed by atoms with van der Waals surface area (Å²) in [6.45, 7) is 0.290. The minimum atomic E-state index is -4.58. The first-order valence-corrected chi connectivity index (χ1v) is 5.49. The summed E-state index contributed by atoms with van der Waals surface area (Å²) in [5, 5.41) is 17.2. The van der Waals surface area contributed by atoms with Crippen LogP contribution in [0.2, 0.25) is 0 Å². The van der Waals surface area contributed by atoms with E-state index in [0.29, 0.717) is 6.54 Å². The summed E-state index contributed by atoms with van der Waals surface area (Å²) in [6.07, 6.45) is -5.42. The predicted molar refractivity (Wildman–Crippen MR) is 55.5 cm³/mol. The Balaban J connectivity index is 2.32. The third-order valence-corrected chi connectivity index (χ3v) is 3.55. The molecule has 6 nitrogen and oxygen atoms in total.